The zero-order chi connectivity index (χ0) is 21.6. The number of para-hydroxylation sites is 1. The molecule has 3 aromatic rings. The molecule has 0 bridgehead atoms. The van der Waals surface area contributed by atoms with Crippen LogP contribution in [0.1, 0.15) is 16.7 Å². The van der Waals surface area contributed by atoms with Crippen LogP contribution in [0.15, 0.2) is 83.5 Å². The summed E-state index contributed by atoms with van der Waals surface area (Å²) in [6.07, 6.45) is 1.65. The Labute approximate surface area is 180 Å². The Morgan fingerprint density at radius 3 is 2.39 bits per heavy atom. The lowest BCUT2D eigenvalue weighted by molar-refractivity contribution is -0.129. The molecule has 31 heavy (non-hydrogen) atoms. The molecule has 0 atom stereocenters. The summed E-state index contributed by atoms with van der Waals surface area (Å²) < 4.78 is 22.0. The molecule has 0 amide bonds. The number of hydrogen-bond donors (Lipinski definition) is 0. The van der Waals surface area contributed by atoms with Crippen molar-refractivity contribution in [3.8, 4) is 17.2 Å². The molecule has 1 heterocycles. The maximum Gasteiger partial charge on any atom is 0.363 e. The lowest BCUT2D eigenvalue weighted by Gasteiger charge is -2.11. The van der Waals surface area contributed by atoms with Crippen LogP contribution in [0.5, 0.6) is 17.2 Å². The van der Waals surface area contributed by atoms with Gasteiger partial charge in [-0.2, -0.15) is 0 Å². The Hall–Kier alpha value is -4.06. The third-order valence-corrected chi connectivity index (χ3v) is 4.69. The highest BCUT2D eigenvalue weighted by Crippen LogP contribution is 2.31. The van der Waals surface area contributed by atoms with E-state index in [1.807, 2.05) is 48.5 Å². The highest BCUT2D eigenvalue weighted by Gasteiger charge is 2.26. The van der Waals surface area contributed by atoms with Crippen LogP contribution in [0.3, 0.4) is 0 Å². The molecular weight excluding hydrogens is 394 g/mol. The van der Waals surface area contributed by atoms with Gasteiger partial charge >= 0.3 is 5.97 Å². The highest BCUT2D eigenvalue weighted by atomic mass is 16.6. The zero-order valence-corrected chi connectivity index (χ0v) is 17.2. The Kier molecular flexibility index (Phi) is 5.98. The molecule has 0 N–H and O–H groups in total. The van der Waals surface area contributed by atoms with Gasteiger partial charge in [-0.15, -0.1) is 0 Å². The Morgan fingerprint density at radius 2 is 1.61 bits per heavy atom. The third-order valence-electron chi connectivity index (χ3n) is 4.69. The largest absolute Gasteiger partial charge is 0.496 e. The van der Waals surface area contributed by atoms with Gasteiger partial charge in [-0.1, -0.05) is 48.5 Å². The number of hydrogen-bond acceptors (Lipinski definition) is 6. The summed E-state index contributed by atoms with van der Waals surface area (Å²) in [6.45, 7) is 0.398. The summed E-state index contributed by atoms with van der Waals surface area (Å²) in [7, 11) is 3.14. The van der Waals surface area contributed by atoms with E-state index >= 15 is 0 Å². The standard InChI is InChI=1S/C25H21NO5/c1-28-21-11-7-6-10-19(21)24-26-20(25(27)31-24)14-18-12-13-22(29-2)23(15-18)30-16-17-8-4-3-5-9-17/h3-15H,16H2,1-2H3/b20-14-. The van der Waals surface area contributed by atoms with Gasteiger partial charge in [0.1, 0.15) is 12.4 Å². The molecule has 156 valence electrons. The van der Waals surface area contributed by atoms with Crippen LogP contribution >= 0.6 is 0 Å². The van der Waals surface area contributed by atoms with Crippen LogP contribution in [-0.4, -0.2) is 26.1 Å². The second-order valence-corrected chi connectivity index (χ2v) is 6.72. The number of carbonyl (C=O) groups is 1. The second kappa shape index (κ2) is 9.17. The van der Waals surface area contributed by atoms with Crippen molar-refractivity contribution in [2.45, 2.75) is 6.61 Å². The van der Waals surface area contributed by atoms with Crippen molar-refractivity contribution < 1.29 is 23.7 Å². The van der Waals surface area contributed by atoms with Gasteiger partial charge in [-0.05, 0) is 41.5 Å². The first kappa shape index (κ1) is 20.2. The predicted molar refractivity (Wildman–Crippen MR) is 117 cm³/mol. The molecule has 1 aliphatic rings. The van der Waals surface area contributed by atoms with Gasteiger partial charge in [0.25, 0.3) is 0 Å². The topological polar surface area (TPSA) is 66.3 Å². The van der Waals surface area contributed by atoms with Gasteiger partial charge in [-0.25, -0.2) is 9.79 Å². The maximum absolute atomic E-state index is 12.4. The van der Waals surface area contributed by atoms with Crippen LogP contribution in [0, 0.1) is 0 Å². The Bertz CT molecular complexity index is 1150. The minimum Gasteiger partial charge on any atom is -0.496 e. The quantitative estimate of drug-likeness (QED) is 0.416. The fourth-order valence-electron chi connectivity index (χ4n) is 3.13. The lowest BCUT2D eigenvalue weighted by atomic mass is 10.1. The van der Waals surface area contributed by atoms with Crippen LogP contribution < -0.4 is 14.2 Å². The molecule has 0 unspecified atom stereocenters. The highest BCUT2D eigenvalue weighted by molar-refractivity contribution is 6.13. The second-order valence-electron chi connectivity index (χ2n) is 6.72. The van der Waals surface area contributed by atoms with Gasteiger partial charge in [0.15, 0.2) is 17.2 Å². The van der Waals surface area contributed by atoms with E-state index in [-0.39, 0.29) is 11.6 Å². The fourth-order valence-corrected chi connectivity index (χ4v) is 3.13. The number of carbonyl (C=O) groups excluding carboxylic acids is 1. The number of rotatable bonds is 7. The van der Waals surface area contributed by atoms with E-state index in [2.05, 4.69) is 4.99 Å². The number of ether oxygens (including phenoxy) is 4. The SMILES string of the molecule is COc1ccc(/C=C2\N=C(c3ccccc3OC)OC2=O)cc1OCc1ccccc1. The maximum atomic E-state index is 12.4. The molecule has 4 rings (SSSR count). The molecule has 6 nitrogen and oxygen atoms in total. The van der Waals surface area contributed by atoms with Crippen molar-refractivity contribution >= 4 is 17.9 Å². The van der Waals surface area contributed by atoms with Crippen molar-refractivity contribution in [1.29, 1.82) is 0 Å². The van der Waals surface area contributed by atoms with Crippen molar-refractivity contribution in [2.75, 3.05) is 14.2 Å². The number of nitrogens with zero attached hydrogens (tertiary/aromatic N) is 1. The first-order valence-corrected chi connectivity index (χ1v) is 9.68. The van der Waals surface area contributed by atoms with Crippen molar-refractivity contribution in [3.05, 3.63) is 95.2 Å². The van der Waals surface area contributed by atoms with Gasteiger partial charge in [-0.3, -0.25) is 0 Å². The fraction of sp³-hybridized carbons (Fsp3) is 0.120. The normalized spacial score (nSPS) is 14.2. The van der Waals surface area contributed by atoms with Gasteiger partial charge < -0.3 is 18.9 Å². The van der Waals surface area contributed by atoms with E-state index in [0.717, 1.165) is 11.1 Å². The number of methoxy groups -OCH3 is 2. The summed E-state index contributed by atoms with van der Waals surface area (Å²) in [5.41, 5.74) is 2.59. The lowest BCUT2D eigenvalue weighted by Crippen LogP contribution is -2.06. The van der Waals surface area contributed by atoms with Crippen molar-refractivity contribution in [3.63, 3.8) is 0 Å². The molecular formula is C25H21NO5. The number of esters is 1. The molecule has 0 radical (unpaired) electrons. The van der Waals surface area contributed by atoms with Gasteiger partial charge in [0.05, 0.1) is 19.8 Å². The number of aliphatic imine (C=N–C) groups is 1. The zero-order valence-electron chi connectivity index (χ0n) is 17.2. The van der Waals surface area contributed by atoms with E-state index in [4.69, 9.17) is 18.9 Å². The number of benzene rings is 3. The molecule has 1 aliphatic heterocycles. The molecule has 0 spiro atoms. The van der Waals surface area contributed by atoms with E-state index in [0.29, 0.717) is 29.4 Å². The summed E-state index contributed by atoms with van der Waals surface area (Å²) in [6, 6.07) is 22.5. The Morgan fingerprint density at radius 1 is 0.871 bits per heavy atom. The molecule has 0 aromatic heterocycles. The summed E-state index contributed by atoms with van der Waals surface area (Å²) >= 11 is 0. The molecule has 3 aromatic carbocycles. The summed E-state index contributed by atoms with van der Waals surface area (Å²) in [4.78, 5) is 16.7. The molecule has 0 saturated heterocycles. The summed E-state index contributed by atoms with van der Waals surface area (Å²) in [5.74, 6) is 1.44. The smallest absolute Gasteiger partial charge is 0.363 e. The molecule has 6 heteroatoms. The van der Waals surface area contributed by atoms with Crippen LogP contribution in [0.4, 0.5) is 0 Å². The van der Waals surface area contributed by atoms with Crippen LogP contribution in [0.25, 0.3) is 6.08 Å². The van der Waals surface area contributed by atoms with Gasteiger partial charge in [0, 0.05) is 0 Å². The minimum atomic E-state index is -0.525. The van der Waals surface area contributed by atoms with E-state index in [9.17, 15) is 4.79 Å². The average molecular weight is 415 g/mol. The third kappa shape index (κ3) is 4.59. The van der Waals surface area contributed by atoms with Crippen molar-refractivity contribution in [2.24, 2.45) is 4.99 Å². The predicted octanol–water partition coefficient (Wildman–Crippen LogP) is 4.63. The van der Waals surface area contributed by atoms with Crippen LogP contribution in [0.2, 0.25) is 0 Å². The molecule has 0 fully saturated rings. The summed E-state index contributed by atoms with van der Waals surface area (Å²) in [5, 5.41) is 0. The van der Waals surface area contributed by atoms with Gasteiger partial charge in [0.2, 0.25) is 5.90 Å². The van der Waals surface area contributed by atoms with Crippen LogP contribution in [-0.2, 0) is 16.1 Å². The number of cyclic esters (lactones) is 1. The monoisotopic (exact) mass is 415 g/mol. The van der Waals surface area contributed by atoms with E-state index < -0.39 is 5.97 Å². The average Bonchev–Trinajstić information content (AvgIpc) is 3.18. The van der Waals surface area contributed by atoms with Crippen molar-refractivity contribution in [1.82, 2.24) is 0 Å². The van der Waals surface area contributed by atoms with E-state index in [1.165, 1.54) is 0 Å². The first-order chi connectivity index (χ1) is 15.2. The molecule has 0 aliphatic carbocycles. The van der Waals surface area contributed by atoms with E-state index in [1.54, 1.807) is 44.6 Å². The molecule has 0 saturated carbocycles. The minimum absolute atomic E-state index is 0.195. The Balaban J connectivity index is 1.60. The first-order valence-electron chi connectivity index (χ1n) is 9.68.